The van der Waals surface area contributed by atoms with Crippen molar-refractivity contribution < 1.29 is 9.53 Å². The standard InChI is InChI=1S/C18H27N5O2/c1-15(17(24)21-18(14-19)6-3-2-4-7-18)22-10-11-25-16(12-22)13-23-9-5-8-20-23/h5,8-9,15-16H,2-4,6-7,10-13H2,1H3,(H,21,24)/t15-,16-/m1/s1. The summed E-state index contributed by atoms with van der Waals surface area (Å²) < 4.78 is 7.67. The predicted octanol–water partition coefficient (Wildman–Crippen LogP) is 1.32. The number of aromatic nitrogens is 2. The van der Waals surface area contributed by atoms with E-state index in [1.54, 1.807) is 6.20 Å². The van der Waals surface area contributed by atoms with Gasteiger partial charge in [0.2, 0.25) is 5.91 Å². The van der Waals surface area contributed by atoms with Gasteiger partial charge in [0.05, 0.1) is 31.4 Å². The maximum Gasteiger partial charge on any atom is 0.238 e. The second kappa shape index (κ2) is 7.98. The molecule has 1 aliphatic heterocycles. The molecule has 7 nitrogen and oxygen atoms in total. The number of nitrogens with one attached hydrogen (secondary N) is 1. The zero-order valence-corrected chi connectivity index (χ0v) is 14.9. The van der Waals surface area contributed by atoms with Gasteiger partial charge in [-0.2, -0.15) is 10.4 Å². The molecule has 0 unspecified atom stereocenters. The average Bonchev–Trinajstić information content (AvgIpc) is 3.15. The molecule has 1 N–H and O–H groups in total. The van der Waals surface area contributed by atoms with Crippen molar-refractivity contribution in [3.8, 4) is 6.07 Å². The Hall–Kier alpha value is -1.91. The van der Waals surface area contributed by atoms with Crippen molar-refractivity contribution in [2.45, 2.75) is 63.3 Å². The first-order chi connectivity index (χ1) is 12.1. The monoisotopic (exact) mass is 345 g/mol. The van der Waals surface area contributed by atoms with Crippen LogP contribution in [0.4, 0.5) is 0 Å². The second-order valence-electron chi connectivity index (χ2n) is 7.14. The van der Waals surface area contributed by atoms with Crippen LogP contribution in [0.25, 0.3) is 0 Å². The Bertz CT molecular complexity index is 603. The molecule has 1 aromatic rings. The summed E-state index contributed by atoms with van der Waals surface area (Å²) in [5.74, 6) is -0.0526. The van der Waals surface area contributed by atoms with Gasteiger partial charge in [-0.25, -0.2) is 0 Å². The van der Waals surface area contributed by atoms with Crippen LogP contribution in [0.1, 0.15) is 39.0 Å². The molecule has 2 atom stereocenters. The van der Waals surface area contributed by atoms with Crippen molar-refractivity contribution in [3.05, 3.63) is 18.5 Å². The molecule has 1 aromatic heterocycles. The maximum atomic E-state index is 12.7. The van der Waals surface area contributed by atoms with Gasteiger partial charge in [0, 0.05) is 25.5 Å². The number of carbonyl (C=O) groups excluding carboxylic acids is 1. The van der Waals surface area contributed by atoms with Gasteiger partial charge in [-0.15, -0.1) is 0 Å². The molecule has 3 rings (SSSR count). The number of nitrogens with zero attached hydrogens (tertiary/aromatic N) is 4. The number of amides is 1. The minimum absolute atomic E-state index is 0.0171. The van der Waals surface area contributed by atoms with Crippen molar-refractivity contribution in [1.82, 2.24) is 20.0 Å². The molecular formula is C18H27N5O2. The number of ether oxygens (including phenoxy) is 1. The summed E-state index contributed by atoms with van der Waals surface area (Å²) in [5, 5.41) is 16.8. The molecule has 2 heterocycles. The summed E-state index contributed by atoms with van der Waals surface area (Å²) in [6.07, 6.45) is 8.36. The molecule has 2 fully saturated rings. The molecule has 1 saturated carbocycles. The number of hydrogen-bond donors (Lipinski definition) is 1. The average molecular weight is 345 g/mol. The Morgan fingerprint density at radius 1 is 1.48 bits per heavy atom. The van der Waals surface area contributed by atoms with E-state index < -0.39 is 5.54 Å². The quantitative estimate of drug-likeness (QED) is 0.870. The number of hydrogen-bond acceptors (Lipinski definition) is 5. The van der Waals surface area contributed by atoms with Crippen LogP contribution in [-0.4, -0.2) is 58.0 Å². The van der Waals surface area contributed by atoms with Gasteiger partial charge >= 0.3 is 0 Å². The minimum Gasteiger partial charge on any atom is -0.374 e. The maximum absolute atomic E-state index is 12.7. The van der Waals surface area contributed by atoms with E-state index in [1.165, 1.54) is 0 Å². The van der Waals surface area contributed by atoms with Gasteiger partial charge in [0.25, 0.3) is 0 Å². The lowest BCUT2D eigenvalue weighted by atomic mass is 9.82. The molecule has 0 bridgehead atoms. The van der Waals surface area contributed by atoms with Gasteiger partial charge < -0.3 is 10.1 Å². The molecular weight excluding hydrogens is 318 g/mol. The molecule has 0 radical (unpaired) electrons. The normalized spacial score (nSPS) is 25.0. The Morgan fingerprint density at radius 3 is 2.96 bits per heavy atom. The highest BCUT2D eigenvalue weighted by Gasteiger charge is 2.36. The van der Waals surface area contributed by atoms with Gasteiger partial charge in [0.1, 0.15) is 5.54 Å². The van der Waals surface area contributed by atoms with E-state index in [4.69, 9.17) is 4.74 Å². The van der Waals surface area contributed by atoms with Crippen LogP contribution in [0.2, 0.25) is 0 Å². The second-order valence-corrected chi connectivity index (χ2v) is 7.14. The van der Waals surface area contributed by atoms with Gasteiger partial charge in [-0.1, -0.05) is 19.3 Å². The number of morpholine rings is 1. The van der Waals surface area contributed by atoms with Crippen LogP contribution >= 0.6 is 0 Å². The third-order valence-electron chi connectivity index (χ3n) is 5.33. The molecule has 2 aliphatic rings. The van der Waals surface area contributed by atoms with Crippen molar-refractivity contribution in [2.24, 2.45) is 0 Å². The van der Waals surface area contributed by atoms with Crippen LogP contribution in [0.15, 0.2) is 18.5 Å². The summed E-state index contributed by atoms with van der Waals surface area (Å²) in [6, 6.07) is 3.98. The summed E-state index contributed by atoms with van der Waals surface area (Å²) in [6.45, 7) is 4.62. The molecule has 1 saturated heterocycles. The van der Waals surface area contributed by atoms with Crippen LogP contribution in [0, 0.1) is 11.3 Å². The zero-order chi connectivity index (χ0) is 17.7. The largest absolute Gasteiger partial charge is 0.374 e. The molecule has 7 heteroatoms. The number of carbonyl (C=O) groups is 1. The first-order valence-electron chi connectivity index (χ1n) is 9.18. The van der Waals surface area contributed by atoms with E-state index in [-0.39, 0.29) is 18.1 Å². The lowest BCUT2D eigenvalue weighted by Gasteiger charge is -2.38. The van der Waals surface area contributed by atoms with Crippen molar-refractivity contribution in [1.29, 1.82) is 5.26 Å². The molecule has 1 amide bonds. The predicted molar refractivity (Wildman–Crippen MR) is 92.6 cm³/mol. The van der Waals surface area contributed by atoms with Crippen LogP contribution in [-0.2, 0) is 16.1 Å². The molecule has 136 valence electrons. The van der Waals surface area contributed by atoms with Crippen molar-refractivity contribution in [3.63, 3.8) is 0 Å². The molecule has 25 heavy (non-hydrogen) atoms. The van der Waals surface area contributed by atoms with Crippen LogP contribution in [0.5, 0.6) is 0 Å². The highest BCUT2D eigenvalue weighted by molar-refractivity contribution is 5.82. The smallest absolute Gasteiger partial charge is 0.238 e. The topological polar surface area (TPSA) is 83.2 Å². The van der Waals surface area contributed by atoms with E-state index in [9.17, 15) is 10.1 Å². The SMILES string of the molecule is C[C@H](C(=O)NC1(C#N)CCCCC1)N1CCO[C@@H](Cn2cccn2)C1. The Morgan fingerprint density at radius 2 is 2.28 bits per heavy atom. The third kappa shape index (κ3) is 4.39. The molecule has 0 aromatic carbocycles. The highest BCUT2D eigenvalue weighted by Crippen LogP contribution is 2.27. The lowest BCUT2D eigenvalue weighted by molar-refractivity contribution is -0.131. The molecule has 1 aliphatic carbocycles. The van der Waals surface area contributed by atoms with E-state index in [1.807, 2.05) is 23.9 Å². The third-order valence-corrected chi connectivity index (χ3v) is 5.33. The first kappa shape index (κ1) is 17.9. The summed E-state index contributed by atoms with van der Waals surface area (Å²) in [4.78, 5) is 14.9. The van der Waals surface area contributed by atoms with E-state index in [0.29, 0.717) is 19.7 Å². The van der Waals surface area contributed by atoms with Gasteiger partial charge in [-0.3, -0.25) is 14.4 Å². The highest BCUT2D eigenvalue weighted by atomic mass is 16.5. The van der Waals surface area contributed by atoms with Gasteiger partial charge in [-0.05, 0) is 25.8 Å². The van der Waals surface area contributed by atoms with E-state index in [2.05, 4.69) is 21.4 Å². The van der Waals surface area contributed by atoms with E-state index in [0.717, 1.165) is 38.6 Å². The fourth-order valence-electron chi connectivity index (χ4n) is 3.75. The Balaban J connectivity index is 1.56. The van der Waals surface area contributed by atoms with Crippen molar-refractivity contribution >= 4 is 5.91 Å². The summed E-state index contributed by atoms with van der Waals surface area (Å²) >= 11 is 0. The fourth-order valence-corrected chi connectivity index (χ4v) is 3.75. The first-order valence-corrected chi connectivity index (χ1v) is 9.18. The number of nitriles is 1. The van der Waals surface area contributed by atoms with E-state index >= 15 is 0 Å². The summed E-state index contributed by atoms with van der Waals surface area (Å²) in [7, 11) is 0. The van der Waals surface area contributed by atoms with Crippen LogP contribution < -0.4 is 5.32 Å². The summed E-state index contributed by atoms with van der Waals surface area (Å²) in [5.41, 5.74) is -0.676. The van der Waals surface area contributed by atoms with Crippen molar-refractivity contribution in [2.75, 3.05) is 19.7 Å². The fraction of sp³-hybridized carbons (Fsp3) is 0.722. The number of rotatable bonds is 5. The zero-order valence-electron chi connectivity index (χ0n) is 14.9. The molecule has 0 spiro atoms. The Labute approximate surface area is 148 Å². The Kier molecular flexibility index (Phi) is 5.71. The van der Waals surface area contributed by atoms with Gasteiger partial charge in [0.15, 0.2) is 0 Å². The minimum atomic E-state index is -0.676. The van der Waals surface area contributed by atoms with Crippen LogP contribution in [0.3, 0.4) is 0 Å². The lowest BCUT2D eigenvalue weighted by Crippen LogP contribution is -2.57.